The van der Waals surface area contributed by atoms with E-state index in [4.69, 9.17) is 0 Å². The third-order valence-corrected chi connectivity index (χ3v) is 3.31. The Labute approximate surface area is 79.4 Å². The summed E-state index contributed by atoms with van der Waals surface area (Å²) in [6.45, 7) is 1.21. The Bertz CT molecular complexity index is 339. The monoisotopic (exact) mass is 173 g/mol. The van der Waals surface area contributed by atoms with E-state index in [1.54, 1.807) is 11.1 Å². The summed E-state index contributed by atoms with van der Waals surface area (Å²) < 4.78 is 0. The molecule has 1 aliphatic carbocycles. The molecule has 0 spiro atoms. The van der Waals surface area contributed by atoms with E-state index in [0.717, 1.165) is 5.92 Å². The van der Waals surface area contributed by atoms with E-state index in [1.807, 2.05) is 0 Å². The van der Waals surface area contributed by atoms with Crippen LogP contribution in [0, 0.1) is 0 Å². The van der Waals surface area contributed by atoms with Gasteiger partial charge >= 0.3 is 0 Å². The minimum atomic E-state index is 0.904. The lowest BCUT2D eigenvalue weighted by Crippen LogP contribution is -2.12. The third kappa shape index (κ3) is 1.06. The molecule has 1 aromatic rings. The van der Waals surface area contributed by atoms with Crippen LogP contribution in [0.4, 0.5) is 5.69 Å². The molecule has 1 heteroatoms. The van der Waals surface area contributed by atoms with Gasteiger partial charge in [-0.2, -0.15) is 0 Å². The average Bonchev–Trinajstić information content (AvgIpc) is 2.92. The van der Waals surface area contributed by atoms with Gasteiger partial charge in [0, 0.05) is 19.3 Å². The fourth-order valence-electron chi connectivity index (χ4n) is 2.40. The largest absolute Gasteiger partial charge is 0.374 e. The lowest BCUT2D eigenvalue weighted by Gasteiger charge is -2.12. The zero-order valence-corrected chi connectivity index (χ0v) is 8.09. The number of hydrogen-bond acceptors (Lipinski definition) is 1. The van der Waals surface area contributed by atoms with Gasteiger partial charge in [-0.15, -0.1) is 0 Å². The van der Waals surface area contributed by atoms with Crippen molar-refractivity contribution in [3.8, 4) is 0 Å². The molecule has 0 N–H and O–H groups in total. The third-order valence-electron chi connectivity index (χ3n) is 3.31. The Morgan fingerprint density at radius 2 is 2.15 bits per heavy atom. The first kappa shape index (κ1) is 7.43. The van der Waals surface area contributed by atoms with Crippen molar-refractivity contribution in [3.05, 3.63) is 29.3 Å². The summed E-state index contributed by atoms with van der Waals surface area (Å²) in [7, 11) is 2.20. The van der Waals surface area contributed by atoms with Crippen molar-refractivity contribution in [1.29, 1.82) is 0 Å². The molecule has 1 saturated carbocycles. The van der Waals surface area contributed by atoms with E-state index < -0.39 is 0 Å². The predicted octanol–water partition coefficient (Wildman–Crippen LogP) is 2.56. The summed E-state index contributed by atoms with van der Waals surface area (Å²) in [5.74, 6) is 0.904. The van der Waals surface area contributed by atoms with Crippen LogP contribution in [0.5, 0.6) is 0 Å². The standard InChI is InChI=1S/C12H15N/c1-13-8-7-11-10(9-5-6-9)3-2-4-12(11)13/h2-4,9H,5-8H2,1H3. The van der Waals surface area contributed by atoms with Crippen molar-refractivity contribution >= 4 is 5.69 Å². The maximum atomic E-state index is 2.38. The number of likely N-dealkylation sites (N-methyl/N-ethyl adjacent to an activating group) is 1. The molecule has 0 radical (unpaired) electrons. The Balaban J connectivity index is 2.11. The van der Waals surface area contributed by atoms with Crippen LogP contribution in [0.15, 0.2) is 18.2 Å². The first-order valence-electron chi connectivity index (χ1n) is 5.19. The van der Waals surface area contributed by atoms with Gasteiger partial charge in [-0.3, -0.25) is 0 Å². The van der Waals surface area contributed by atoms with E-state index in [0.29, 0.717) is 0 Å². The molecular formula is C12H15N. The van der Waals surface area contributed by atoms with Gasteiger partial charge in [-0.1, -0.05) is 12.1 Å². The lowest BCUT2D eigenvalue weighted by atomic mass is 10.0. The zero-order chi connectivity index (χ0) is 8.84. The molecule has 13 heavy (non-hydrogen) atoms. The number of benzene rings is 1. The number of fused-ring (bicyclic) bond motifs is 1. The Morgan fingerprint density at radius 1 is 1.31 bits per heavy atom. The van der Waals surface area contributed by atoms with Crippen molar-refractivity contribution in [1.82, 2.24) is 0 Å². The zero-order valence-electron chi connectivity index (χ0n) is 8.09. The van der Waals surface area contributed by atoms with E-state index in [9.17, 15) is 0 Å². The molecule has 0 aromatic heterocycles. The first-order chi connectivity index (χ1) is 6.36. The van der Waals surface area contributed by atoms with Crippen molar-refractivity contribution in [3.63, 3.8) is 0 Å². The lowest BCUT2D eigenvalue weighted by molar-refractivity contribution is 0.947. The SMILES string of the molecule is CN1CCc2c(C3CC3)cccc21. The van der Waals surface area contributed by atoms with Gasteiger partial charge < -0.3 is 4.90 Å². The molecule has 1 nitrogen and oxygen atoms in total. The highest BCUT2D eigenvalue weighted by molar-refractivity contribution is 5.61. The molecule has 0 atom stereocenters. The average molecular weight is 173 g/mol. The predicted molar refractivity (Wildman–Crippen MR) is 55.4 cm³/mol. The van der Waals surface area contributed by atoms with Gasteiger partial charge in [0.25, 0.3) is 0 Å². The number of rotatable bonds is 1. The van der Waals surface area contributed by atoms with Crippen LogP contribution in [0.2, 0.25) is 0 Å². The molecular weight excluding hydrogens is 158 g/mol. The molecule has 68 valence electrons. The summed E-state index contributed by atoms with van der Waals surface area (Å²) >= 11 is 0. The topological polar surface area (TPSA) is 3.24 Å². The number of anilines is 1. The maximum absolute atomic E-state index is 2.38. The normalized spacial score (nSPS) is 20.5. The highest BCUT2D eigenvalue weighted by Gasteiger charge is 2.29. The number of nitrogens with zero attached hydrogens (tertiary/aromatic N) is 1. The molecule has 1 aliphatic heterocycles. The van der Waals surface area contributed by atoms with Crippen LogP contribution < -0.4 is 4.90 Å². The maximum Gasteiger partial charge on any atom is 0.0399 e. The second-order valence-corrected chi connectivity index (χ2v) is 4.29. The Morgan fingerprint density at radius 3 is 2.92 bits per heavy atom. The first-order valence-corrected chi connectivity index (χ1v) is 5.19. The van der Waals surface area contributed by atoms with Crippen LogP contribution in [0.3, 0.4) is 0 Å². The van der Waals surface area contributed by atoms with Crippen LogP contribution in [0.1, 0.15) is 29.9 Å². The summed E-state index contributed by atoms with van der Waals surface area (Å²) in [5, 5.41) is 0. The van der Waals surface area contributed by atoms with Crippen LogP contribution >= 0.6 is 0 Å². The van der Waals surface area contributed by atoms with Gasteiger partial charge in [0.1, 0.15) is 0 Å². The van der Waals surface area contributed by atoms with E-state index >= 15 is 0 Å². The quantitative estimate of drug-likeness (QED) is 0.631. The van der Waals surface area contributed by atoms with Crippen molar-refractivity contribution in [2.75, 3.05) is 18.5 Å². The second-order valence-electron chi connectivity index (χ2n) is 4.29. The molecule has 0 bridgehead atoms. The van der Waals surface area contributed by atoms with Gasteiger partial charge in [-0.25, -0.2) is 0 Å². The number of hydrogen-bond donors (Lipinski definition) is 0. The van der Waals surface area contributed by atoms with Crippen molar-refractivity contribution < 1.29 is 0 Å². The van der Waals surface area contributed by atoms with Crippen LogP contribution in [-0.4, -0.2) is 13.6 Å². The second kappa shape index (κ2) is 2.50. The van der Waals surface area contributed by atoms with Crippen molar-refractivity contribution in [2.45, 2.75) is 25.2 Å². The van der Waals surface area contributed by atoms with Gasteiger partial charge in [0.2, 0.25) is 0 Å². The van der Waals surface area contributed by atoms with Gasteiger partial charge in [0.05, 0.1) is 0 Å². The fourth-order valence-corrected chi connectivity index (χ4v) is 2.40. The molecule has 1 heterocycles. The van der Waals surface area contributed by atoms with E-state index in [1.165, 1.54) is 31.5 Å². The fraction of sp³-hybridized carbons (Fsp3) is 0.500. The van der Waals surface area contributed by atoms with E-state index in [2.05, 4.69) is 30.1 Å². The molecule has 1 aromatic carbocycles. The van der Waals surface area contributed by atoms with E-state index in [-0.39, 0.29) is 0 Å². The molecule has 0 saturated heterocycles. The van der Waals surface area contributed by atoms with Gasteiger partial charge in [0.15, 0.2) is 0 Å². The summed E-state index contributed by atoms with van der Waals surface area (Å²) in [6, 6.07) is 6.80. The van der Waals surface area contributed by atoms with Crippen molar-refractivity contribution in [2.24, 2.45) is 0 Å². The minimum Gasteiger partial charge on any atom is -0.374 e. The molecule has 2 aliphatic rings. The van der Waals surface area contributed by atoms with Crippen LogP contribution in [-0.2, 0) is 6.42 Å². The van der Waals surface area contributed by atoms with Crippen LogP contribution in [0.25, 0.3) is 0 Å². The highest BCUT2D eigenvalue weighted by Crippen LogP contribution is 2.44. The highest BCUT2D eigenvalue weighted by atomic mass is 15.1. The van der Waals surface area contributed by atoms with Gasteiger partial charge in [-0.05, 0) is 42.4 Å². The minimum absolute atomic E-state index is 0.904. The Kier molecular flexibility index (Phi) is 1.43. The summed E-state index contributed by atoms with van der Waals surface area (Å²) in [6.07, 6.45) is 4.10. The molecule has 3 rings (SSSR count). The Hall–Kier alpha value is -0.980. The molecule has 0 amide bonds. The molecule has 1 fully saturated rings. The molecule has 0 unspecified atom stereocenters. The smallest absolute Gasteiger partial charge is 0.0399 e. The summed E-state index contributed by atoms with van der Waals surface area (Å²) in [5.41, 5.74) is 4.75. The summed E-state index contributed by atoms with van der Waals surface area (Å²) in [4.78, 5) is 2.38.